The lowest BCUT2D eigenvalue weighted by atomic mass is 10.2. The SMILES string of the molecule is CCSCCOC(=O)C1CCCN1. The van der Waals surface area contributed by atoms with Gasteiger partial charge in [0, 0.05) is 5.75 Å². The van der Waals surface area contributed by atoms with E-state index < -0.39 is 0 Å². The van der Waals surface area contributed by atoms with Crippen molar-refractivity contribution in [1.82, 2.24) is 5.32 Å². The highest BCUT2D eigenvalue weighted by molar-refractivity contribution is 7.99. The molecule has 0 aromatic rings. The molecule has 1 aliphatic rings. The van der Waals surface area contributed by atoms with Crippen LogP contribution in [0.5, 0.6) is 0 Å². The third kappa shape index (κ3) is 4.00. The van der Waals surface area contributed by atoms with Crippen molar-refractivity contribution in [3.8, 4) is 0 Å². The minimum atomic E-state index is -0.0748. The molecule has 0 bridgehead atoms. The first-order valence-corrected chi connectivity index (χ1v) is 5.98. The highest BCUT2D eigenvalue weighted by Gasteiger charge is 2.22. The van der Waals surface area contributed by atoms with Crippen molar-refractivity contribution < 1.29 is 9.53 Å². The van der Waals surface area contributed by atoms with E-state index in [1.54, 1.807) is 11.8 Å². The monoisotopic (exact) mass is 203 g/mol. The van der Waals surface area contributed by atoms with Gasteiger partial charge in [0.05, 0.1) is 0 Å². The Morgan fingerprint density at radius 2 is 2.54 bits per heavy atom. The average molecular weight is 203 g/mol. The summed E-state index contributed by atoms with van der Waals surface area (Å²) in [7, 11) is 0. The van der Waals surface area contributed by atoms with E-state index in [1.165, 1.54) is 0 Å². The zero-order chi connectivity index (χ0) is 9.52. The zero-order valence-electron chi connectivity index (χ0n) is 8.04. The Balaban J connectivity index is 2.03. The highest BCUT2D eigenvalue weighted by atomic mass is 32.2. The predicted octanol–water partition coefficient (Wildman–Crippen LogP) is 1.03. The van der Waals surface area contributed by atoms with Gasteiger partial charge in [-0.15, -0.1) is 0 Å². The number of hydrogen-bond donors (Lipinski definition) is 1. The lowest BCUT2D eigenvalue weighted by Gasteiger charge is -2.09. The molecular formula is C9H17NO2S. The van der Waals surface area contributed by atoms with Crippen LogP contribution in [0, 0.1) is 0 Å². The summed E-state index contributed by atoms with van der Waals surface area (Å²) in [5, 5.41) is 3.12. The molecule has 13 heavy (non-hydrogen) atoms. The summed E-state index contributed by atoms with van der Waals surface area (Å²) >= 11 is 1.80. The molecule has 4 heteroatoms. The number of carbonyl (C=O) groups excluding carboxylic acids is 1. The van der Waals surface area contributed by atoms with Crippen LogP contribution in [0.4, 0.5) is 0 Å². The first kappa shape index (κ1) is 10.9. The van der Waals surface area contributed by atoms with Crippen LogP contribution in [0.1, 0.15) is 19.8 Å². The number of esters is 1. The molecule has 1 N–H and O–H groups in total. The van der Waals surface area contributed by atoms with E-state index in [0.29, 0.717) is 6.61 Å². The molecule has 0 aromatic carbocycles. The lowest BCUT2D eigenvalue weighted by Crippen LogP contribution is -2.32. The van der Waals surface area contributed by atoms with Crippen molar-refractivity contribution in [1.29, 1.82) is 0 Å². The molecule has 1 aliphatic heterocycles. The average Bonchev–Trinajstić information content (AvgIpc) is 2.65. The third-order valence-electron chi connectivity index (χ3n) is 2.02. The van der Waals surface area contributed by atoms with Crippen LogP contribution in [-0.2, 0) is 9.53 Å². The van der Waals surface area contributed by atoms with Crippen molar-refractivity contribution in [2.75, 3.05) is 24.7 Å². The molecule has 0 spiro atoms. The molecule has 1 rings (SSSR count). The fraction of sp³-hybridized carbons (Fsp3) is 0.889. The van der Waals surface area contributed by atoms with Crippen LogP contribution >= 0.6 is 11.8 Å². The van der Waals surface area contributed by atoms with Gasteiger partial charge in [-0.2, -0.15) is 11.8 Å². The maximum absolute atomic E-state index is 11.3. The quantitative estimate of drug-likeness (QED) is 0.535. The summed E-state index contributed by atoms with van der Waals surface area (Å²) in [4.78, 5) is 11.3. The molecule has 1 saturated heterocycles. The molecule has 76 valence electrons. The van der Waals surface area contributed by atoms with Gasteiger partial charge in [-0.3, -0.25) is 4.79 Å². The zero-order valence-corrected chi connectivity index (χ0v) is 8.86. The Bertz CT molecular complexity index is 158. The topological polar surface area (TPSA) is 38.3 Å². The number of rotatable bonds is 5. The molecule has 0 saturated carbocycles. The number of thioether (sulfide) groups is 1. The van der Waals surface area contributed by atoms with E-state index in [-0.39, 0.29) is 12.0 Å². The Morgan fingerprint density at radius 1 is 1.69 bits per heavy atom. The second kappa shape index (κ2) is 6.27. The molecule has 1 heterocycles. The van der Waals surface area contributed by atoms with Gasteiger partial charge in [-0.25, -0.2) is 0 Å². The maximum Gasteiger partial charge on any atom is 0.323 e. The number of hydrogen-bond acceptors (Lipinski definition) is 4. The van der Waals surface area contributed by atoms with Gasteiger partial charge in [-0.1, -0.05) is 6.92 Å². The first-order chi connectivity index (χ1) is 6.34. The number of nitrogens with one attached hydrogen (secondary N) is 1. The molecule has 0 radical (unpaired) electrons. The molecule has 0 aromatic heterocycles. The van der Waals surface area contributed by atoms with E-state index in [0.717, 1.165) is 30.9 Å². The van der Waals surface area contributed by atoms with Gasteiger partial charge >= 0.3 is 5.97 Å². The van der Waals surface area contributed by atoms with Crippen molar-refractivity contribution in [2.24, 2.45) is 0 Å². The number of carbonyl (C=O) groups is 1. The number of ether oxygens (including phenoxy) is 1. The fourth-order valence-electron chi connectivity index (χ4n) is 1.33. The molecular weight excluding hydrogens is 186 g/mol. The summed E-state index contributed by atoms with van der Waals surface area (Å²) in [6.45, 7) is 3.60. The van der Waals surface area contributed by atoms with Crippen LogP contribution in [-0.4, -0.2) is 36.7 Å². The fourth-order valence-corrected chi connectivity index (χ4v) is 1.82. The normalized spacial score (nSPS) is 21.8. The molecule has 1 fully saturated rings. The van der Waals surface area contributed by atoms with Gasteiger partial charge in [0.2, 0.25) is 0 Å². The first-order valence-electron chi connectivity index (χ1n) is 4.82. The summed E-state index contributed by atoms with van der Waals surface area (Å²) in [5.41, 5.74) is 0. The Kier molecular flexibility index (Phi) is 5.23. The van der Waals surface area contributed by atoms with E-state index in [1.807, 2.05) is 0 Å². The van der Waals surface area contributed by atoms with E-state index >= 15 is 0 Å². The van der Waals surface area contributed by atoms with E-state index in [4.69, 9.17) is 4.74 Å². The van der Waals surface area contributed by atoms with Crippen LogP contribution in [0.15, 0.2) is 0 Å². The van der Waals surface area contributed by atoms with Gasteiger partial charge in [0.15, 0.2) is 0 Å². The van der Waals surface area contributed by atoms with Gasteiger partial charge in [0.25, 0.3) is 0 Å². The van der Waals surface area contributed by atoms with Crippen LogP contribution in [0.2, 0.25) is 0 Å². The highest BCUT2D eigenvalue weighted by Crippen LogP contribution is 2.07. The second-order valence-electron chi connectivity index (χ2n) is 3.01. The third-order valence-corrected chi connectivity index (χ3v) is 2.88. The van der Waals surface area contributed by atoms with Gasteiger partial charge in [0.1, 0.15) is 12.6 Å². The van der Waals surface area contributed by atoms with Crippen LogP contribution < -0.4 is 5.32 Å². The van der Waals surface area contributed by atoms with E-state index in [9.17, 15) is 4.79 Å². The molecule has 1 unspecified atom stereocenters. The summed E-state index contributed by atoms with van der Waals surface area (Å²) in [5.74, 6) is 1.92. The maximum atomic E-state index is 11.3. The van der Waals surface area contributed by atoms with E-state index in [2.05, 4.69) is 12.2 Å². The van der Waals surface area contributed by atoms with Gasteiger partial charge < -0.3 is 10.1 Å². The van der Waals surface area contributed by atoms with Crippen molar-refractivity contribution in [3.63, 3.8) is 0 Å². The summed E-state index contributed by atoms with van der Waals surface area (Å²) < 4.78 is 5.11. The van der Waals surface area contributed by atoms with Gasteiger partial charge in [-0.05, 0) is 25.1 Å². The van der Waals surface area contributed by atoms with Crippen molar-refractivity contribution >= 4 is 17.7 Å². The molecule has 0 amide bonds. The van der Waals surface area contributed by atoms with Crippen LogP contribution in [0.3, 0.4) is 0 Å². The molecule has 1 atom stereocenters. The Morgan fingerprint density at radius 3 is 3.15 bits per heavy atom. The Hall–Kier alpha value is -0.220. The van der Waals surface area contributed by atoms with Crippen molar-refractivity contribution in [2.45, 2.75) is 25.8 Å². The minimum absolute atomic E-state index is 0.0355. The largest absolute Gasteiger partial charge is 0.464 e. The minimum Gasteiger partial charge on any atom is -0.464 e. The standard InChI is InChI=1S/C9H17NO2S/c1-2-13-7-6-12-9(11)8-4-3-5-10-8/h8,10H,2-7H2,1H3. The van der Waals surface area contributed by atoms with Crippen LogP contribution in [0.25, 0.3) is 0 Å². The smallest absolute Gasteiger partial charge is 0.323 e. The summed E-state index contributed by atoms with van der Waals surface area (Å²) in [6.07, 6.45) is 2.02. The summed E-state index contributed by atoms with van der Waals surface area (Å²) in [6, 6.07) is -0.0355. The molecule has 0 aliphatic carbocycles. The lowest BCUT2D eigenvalue weighted by molar-refractivity contribution is -0.145. The van der Waals surface area contributed by atoms with Crippen molar-refractivity contribution in [3.05, 3.63) is 0 Å². The second-order valence-corrected chi connectivity index (χ2v) is 4.41. The predicted molar refractivity (Wildman–Crippen MR) is 55.0 cm³/mol. The molecule has 3 nitrogen and oxygen atoms in total. The Labute approximate surface area is 83.6 Å².